The number of hydrogen-bond donors (Lipinski definition) is 1. The van der Waals surface area contributed by atoms with Crippen LogP contribution >= 0.6 is 0 Å². The molecule has 0 unspecified atom stereocenters. The number of amides is 2. The van der Waals surface area contributed by atoms with Crippen LogP contribution in [-0.2, 0) is 4.79 Å². The Morgan fingerprint density at radius 3 is 2.42 bits per heavy atom. The van der Waals surface area contributed by atoms with Gasteiger partial charge in [0.25, 0.3) is 0 Å². The minimum atomic E-state index is -0.102. The summed E-state index contributed by atoms with van der Waals surface area (Å²) >= 11 is 0. The molecule has 2 amide bonds. The third-order valence-electron chi connectivity index (χ3n) is 7.71. The molecule has 1 N–H and O–H groups in total. The minimum absolute atomic E-state index is 0.102. The summed E-state index contributed by atoms with van der Waals surface area (Å²) in [6, 6.07) is 14.6. The van der Waals surface area contributed by atoms with Gasteiger partial charge in [-0.3, -0.25) is 15.1 Å². The lowest BCUT2D eigenvalue weighted by Crippen LogP contribution is -2.64. The van der Waals surface area contributed by atoms with Crippen molar-refractivity contribution in [3.05, 3.63) is 54.4 Å². The molecule has 1 aromatic carbocycles. The van der Waals surface area contributed by atoms with Crippen LogP contribution in [0.5, 0.6) is 0 Å². The fraction of sp³-hybridized carbons (Fsp3) is 0.536. The van der Waals surface area contributed by atoms with Crippen molar-refractivity contribution in [2.24, 2.45) is 5.92 Å². The number of quaternary nitrogens is 1. The van der Waals surface area contributed by atoms with Crippen LogP contribution in [0.1, 0.15) is 76.4 Å². The van der Waals surface area contributed by atoms with Gasteiger partial charge in [-0.05, 0) is 42.0 Å². The molecule has 3 fully saturated rings. The number of nitrogens with zero attached hydrogens (tertiary/aromatic N) is 2. The van der Waals surface area contributed by atoms with Gasteiger partial charge in [-0.1, -0.05) is 50.1 Å². The van der Waals surface area contributed by atoms with Gasteiger partial charge in [0.15, 0.2) is 0 Å². The quantitative estimate of drug-likeness (QED) is 0.355. The molecule has 3 aliphatic heterocycles. The van der Waals surface area contributed by atoms with Gasteiger partial charge in [0.2, 0.25) is 0 Å². The van der Waals surface area contributed by atoms with Gasteiger partial charge in [0.05, 0.1) is 31.4 Å². The van der Waals surface area contributed by atoms with E-state index in [0.29, 0.717) is 23.1 Å². The maximum atomic E-state index is 13.5. The molecule has 5 heteroatoms. The third-order valence-corrected chi connectivity index (χ3v) is 7.71. The van der Waals surface area contributed by atoms with Crippen molar-refractivity contribution in [3.8, 4) is 11.1 Å². The van der Waals surface area contributed by atoms with E-state index in [-0.39, 0.29) is 12.1 Å². The molecule has 1 aromatic heterocycles. The molecule has 33 heavy (non-hydrogen) atoms. The summed E-state index contributed by atoms with van der Waals surface area (Å²) in [6.45, 7) is 4.84. The summed E-state index contributed by atoms with van der Waals surface area (Å²) < 4.78 is 0.594. The van der Waals surface area contributed by atoms with Crippen molar-refractivity contribution in [1.82, 2.24) is 10.3 Å². The van der Waals surface area contributed by atoms with Crippen molar-refractivity contribution in [2.75, 3.05) is 19.6 Å². The van der Waals surface area contributed by atoms with Gasteiger partial charge in [0.1, 0.15) is 5.78 Å². The molecular formula is C28H38N3O2+. The molecule has 0 saturated carbocycles. The van der Waals surface area contributed by atoms with Crippen LogP contribution in [0.4, 0.5) is 4.79 Å². The van der Waals surface area contributed by atoms with Crippen molar-refractivity contribution < 1.29 is 14.1 Å². The van der Waals surface area contributed by atoms with E-state index in [1.165, 1.54) is 19.3 Å². The molecule has 0 spiro atoms. The van der Waals surface area contributed by atoms with Gasteiger partial charge in [0, 0.05) is 38.3 Å². The molecule has 3 saturated heterocycles. The zero-order valence-electron chi connectivity index (χ0n) is 20.0. The number of benzene rings is 1. The van der Waals surface area contributed by atoms with E-state index >= 15 is 0 Å². The second kappa shape index (κ2) is 11.1. The van der Waals surface area contributed by atoms with Crippen LogP contribution in [0.25, 0.3) is 11.1 Å². The number of pyridine rings is 1. The Balaban J connectivity index is 1.47. The first-order chi connectivity index (χ1) is 16.1. The molecule has 5 rings (SSSR count). The van der Waals surface area contributed by atoms with E-state index in [1.807, 2.05) is 37.4 Å². The number of unbranched alkanes of at least 4 members (excludes halogenated alkanes) is 2. The normalized spacial score (nSPS) is 22.6. The van der Waals surface area contributed by atoms with Crippen molar-refractivity contribution in [3.63, 3.8) is 0 Å². The van der Waals surface area contributed by atoms with Crippen LogP contribution in [0.3, 0.4) is 0 Å². The summed E-state index contributed by atoms with van der Waals surface area (Å²) in [7, 11) is 0. The first kappa shape index (κ1) is 23.6. The molecule has 176 valence electrons. The predicted octanol–water partition coefficient (Wildman–Crippen LogP) is 6.06. The molecule has 0 aliphatic carbocycles. The van der Waals surface area contributed by atoms with Crippen LogP contribution in [0.15, 0.2) is 48.7 Å². The lowest BCUT2D eigenvalue weighted by Gasteiger charge is -2.46. The van der Waals surface area contributed by atoms with E-state index < -0.39 is 0 Å². The van der Waals surface area contributed by atoms with Crippen molar-refractivity contribution in [1.29, 1.82) is 0 Å². The van der Waals surface area contributed by atoms with Crippen LogP contribution in [-0.4, -0.2) is 40.9 Å². The van der Waals surface area contributed by atoms with Crippen LogP contribution in [0, 0.1) is 5.92 Å². The first-order valence-corrected chi connectivity index (χ1v) is 12.8. The van der Waals surface area contributed by atoms with Crippen LogP contribution in [0.2, 0.25) is 0 Å². The monoisotopic (exact) mass is 448 g/mol. The highest BCUT2D eigenvalue weighted by Gasteiger charge is 2.46. The number of hydrogen-bond acceptors (Lipinski definition) is 3. The van der Waals surface area contributed by atoms with Crippen LogP contribution < -0.4 is 5.32 Å². The van der Waals surface area contributed by atoms with Gasteiger partial charge < -0.3 is 0 Å². The lowest BCUT2D eigenvalue weighted by atomic mass is 9.86. The SMILES string of the molecule is CCC(=O)CCCCC[C@H](NC(=O)[N+]12CCC(CC1)CC2)c1cc(-c2ccccc2)ccn1. The second-order valence-corrected chi connectivity index (χ2v) is 9.88. The summed E-state index contributed by atoms with van der Waals surface area (Å²) in [5.41, 5.74) is 3.21. The Labute approximate surface area is 198 Å². The number of Topliss-reactive ketones (excluding diaryl/α,β-unsaturated/α-hetero) is 1. The summed E-state index contributed by atoms with van der Waals surface area (Å²) in [5, 5.41) is 3.41. The predicted molar refractivity (Wildman–Crippen MR) is 132 cm³/mol. The highest BCUT2D eigenvalue weighted by atomic mass is 16.2. The smallest absolute Gasteiger partial charge is 0.300 e. The number of piperidine rings is 3. The average molecular weight is 449 g/mol. The van der Waals surface area contributed by atoms with E-state index in [4.69, 9.17) is 0 Å². The van der Waals surface area contributed by atoms with Crippen molar-refractivity contribution >= 4 is 11.8 Å². The standard InChI is InChI=1S/C28H37N3O2/c1-2-25(32)11-7-4-8-12-26(30-28(33)31-18-14-22(15-19-31)16-20-31)27-21-24(13-17-29-27)23-9-5-3-6-10-23/h3,5-6,9-10,13,17,21-22,26H,2,4,7-8,11-12,14-16,18-20H2,1H3/p+1/t22?,26-,31?/m0/s1. The summed E-state index contributed by atoms with van der Waals surface area (Å²) in [5.74, 6) is 1.16. The highest BCUT2D eigenvalue weighted by molar-refractivity contribution is 5.77. The molecule has 0 radical (unpaired) electrons. The number of carbonyl (C=O) groups is 2. The Hall–Kier alpha value is -2.53. The highest BCUT2D eigenvalue weighted by Crippen LogP contribution is 2.34. The number of fused-ring (bicyclic) bond motifs is 3. The molecule has 2 bridgehead atoms. The van der Waals surface area contributed by atoms with Gasteiger partial charge in [-0.2, -0.15) is 0 Å². The molecule has 2 aromatic rings. The van der Waals surface area contributed by atoms with Crippen molar-refractivity contribution in [2.45, 2.75) is 70.8 Å². The zero-order valence-corrected chi connectivity index (χ0v) is 20.0. The Bertz CT molecular complexity index is 921. The Morgan fingerprint density at radius 1 is 1.00 bits per heavy atom. The zero-order chi connectivity index (χ0) is 23.1. The maximum absolute atomic E-state index is 13.5. The van der Waals surface area contributed by atoms with Gasteiger partial charge in [-0.25, -0.2) is 9.28 Å². The lowest BCUT2D eigenvalue weighted by molar-refractivity contribution is -0.867. The molecule has 5 nitrogen and oxygen atoms in total. The minimum Gasteiger partial charge on any atom is -0.300 e. The first-order valence-electron chi connectivity index (χ1n) is 12.8. The Kier molecular flexibility index (Phi) is 7.92. The number of aromatic nitrogens is 1. The number of carbonyl (C=O) groups excluding carboxylic acids is 2. The van der Waals surface area contributed by atoms with E-state index in [1.54, 1.807) is 0 Å². The maximum Gasteiger partial charge on any atom is 0.417 e. The number of rotatable bonds is 10. The number of nitrogens with one attached hydrogen (secondary N) is 1. The average Bonchev–Trinajstić information content (AvgIpc) is 2.89. The van der Waals surface area contributed by atoms with Gasteiger partial charge >= 0.3 is 6.03 Å². The van der Waals surface area contributed by atoms with E-state index in [9.17, 15) is 9.59 Å². The Morgan fingerprint density at radius 2 is 1.73 bits per heavy atom. The third kappa shape index (κ3) is 5.89. The second-order valence-electron chi connectivity index (χ2n) is 9.88. The van der Waals surface area contributed by atoms with Gasteiger partial charge in [-0.15, -0.1) is 0 Å². The summed E-state index contributed by atoms with van der Waals surface area (Å²) in [6.07, 6.45) is 10.4. The molecule has 4 heterocycles. The number of urea groups is 1. The fourth-order valence-electron chi connectivity index (χ4n) is 5.42. The molecule has 3 aliphatic rings. The molecule has 1 atom stereocenters. The topological polar surface area (TPSA) is 59.1 Å². The fourth-order valence-corrected chi connectivity index (χ4v) is 5.42. The largest absolute Gasteiger partial charge is 0.417 e. The molecular weight excluding hydrogens is 410 g/mol. The summed E-state index contributed by atoms with van der Waals surface area (Å²) in [4.78, 5) is 29.8. The number of ketones is 1. The van der Waals surface area contributed by atoms with E-state index in [2.05, 4.69) is 28.5 Å². The van der Waals surface area contributed by atoms with E-state index in [0.717, 1.165) is 68.1 Å².